The summed E-state index contributed by atoms with van der Waals surface area (Å²) in [5.41, 5.74) is 0. The molecule has 0 rings (SSSR count). The summed E-state index contributed by atoms with van der Waals surface area (Å²) in [5.74, 6) is -12.1. The van der Waals surface area contributed by atoms with Gasteiger partial charge >= 0.3 is 18.0 Å². The average Bonchev–Trinajstić information content (AvgIpc) is 2.02. The van der Waals surface area contributed by atoms with Gasteiger partial charge in [0.2, 0.25) is 0 Å². The van der Waals surface area contributed by atoms with Gasteiger partial charge in [-0.15, -0.1) is 0 Å². The topological polar surface area (TPSA) is 23.8 Å². The number of hydrogen-bond acceptors (Lipinski definition) is 2. The molecular formula is C6H4F7NS. The number of nitriles is 1. The first kappa shape index (κ1) is 14.3. The summed E-state index contributed by atoms with van der Waals surface area (Å²) in [5, 5.41) is 9.17. The maximum absolute atomic E-state index is 12.4. The molecule has 0 amide bonds. The Morgan fingerprint density at radius 2 is 1.47 bits per heavy atom. The van der Waals surface area contributed by atoms with E-state index < -0.39 is 30.2 Å². The van der Waals surface area contributed by atoms with E-state index in [1.807, 2.05) is 0 Å². The first-order valence-corrected chi connectivity index (χ1v) is 4.38. The van der Waals surface area contributed by atoms with Crippen LogP contribution in [0.4, 0.5) is 30.7 Å². The summed E-state index contributed by atoms with van der Waals surface area (Å²) in [7, 11) is 0. The van der Waals surface area contributed by atoms with Gasteiger partial charge in [0.1, 0.15) is 5.40 Å². The van der Waals surface area contributed by atoms with Crippen molar-refractivity contribution in [1.82, 2.24) is 0 Å². The fourth-order valence-electron chi connectivity index (χ4n) is 0.589. The second-order valence-corrected chi connectivity index (χ2v) is 3.35. The van der Waals surface area contributed by atoms with E-state index in [0.717, 1.165) is 0 Å². The molecule has 88 valence electrons. The van der Waals surface area contributed by atoms with Crippen LogP contribution >= 0.6 is 11.8 Å². The van der Waals surface area contributed by atoms with Crippen molar-refractivity contribution in [3.63, 3.8) is 0 Å². The highest BCUT2D eigenvalue weighted by atomic mass is 32.2. The van der Waals surface area contributed by atoms with E-state index in [4.69, 9.17) is 5.26 Å². The summed E-state index contributed by atoms with van der Waals surface area (Å²) in [4.78, 5) is 0. The summed E-state index contributed by atoms with van der Waals surface area (Å²) in [6.45, 7) is 0. The highest BCUT2D eigenvalue weighted by Gasteiger charge is 2.72. The number of thioether (sulfide) groups is 1. The van der Waals surface area contributed by atoms with Crippen LogP contribution in [0.15, 0.2) is 0 Å². The van der Waals surface area contributed by atoms with Gasteiger partial charge in [0, 0.05) is 12.2 Å². The Balaban J connectivity index is 4.64. The zero-order valence-electron chi connectivity index (χ0n) is 6.92. The predicted molar refractivity (Wildman–Crippen MR) is 38.6 cm³/mol. The summed E-state index contributed by atoms with van der Waals surface area (Å²) < 4.78 is 83.8. The zero-order valence-corrected chi connectivity index (χ0v) is 7.73. The van der Waals surface area contributed by atoms with Gasteiger partial charge in [-0.3, -0.25) is 0 Å². The molecule has 0 aliphatic carbocycles. The van der Waals surface area contributed by atoms with Crippen LogP contribution in [0.25, 0.3) is 0 Å². The maximum Gasteiger partial charge on any atom is 0.459 e. The summed E-state index contributed by atoms with van der Waals surface area (Å²) in [6.07, 6.45) is -8.01. The van der Waals surface area contributed by atoms with Crippen LogP contribution in [0.3, 0.4) is 0 Å². The minimum Gasteiger partial charge on any atom is -0.199 e. The number of halogens is 7. The molecule has 0 bridgehead atoms. The van der Waals surface area contributed by atoms with Crippen LogP contribution in [0.1, 0.15) is 6.42 Å². The number of hydrogen-bond donors (Lipinski definition) is 0. The zero-order chi connectivity index (χ0) is 12.3. The van der Waals surface area contributed by atoms with E-state index in [1.54, 1.807) is 0 Å². The van der Waals surface area contributed by atoms with Crippen LogP contribution < -0.4 is 0 Å². The van der Waals surface area contributed by atoms with Crippen LogP contribution in [-0.2, 0) is 0 Å². The van der Waals surface area contributed by atoms with Crippen LogP contribution in [0.5, 0.6) is 0 Å². The van der Waals surface area contributed by atoms with E-state index >= 15 is 0 Å². The second kappa shape index (κ2) is 4.47. The lowest BCUT2D eigenvalue weighted by Crippen LogP contribution is -2.52. The Bertz CT molecular complexity index is 253. The molecule has 9 heteroatoms. The lowest BCUT2D eigenvalue weighted by molar-refractivity contribution is -0.354. The van der Waals surface area contributed by atoms with E-state index in [9.17, 15) is 30.7 Å². The van der Waals surface area contributed by atoms with E-state index in [2.05, 4.69) is 0 Å². The lowest BCUT2D eigenvalue weighted by atomic mass is 10.1. The largest absolute Gasteiger partial charge is 0.459 e. The molecule has 0 aromatic rings. The predicted octanol–water partition coefficient (Wildman–Crippen LogP) is 3.42. The van der Waals surface area contributed by atoms with Crippen LogP contribution in [0.2, 0.25) is 0 Å². The molecule has 0 aliphatic heterocycles. The standard InChI is InChI=1S/C6H4F7NS/c7-4(8,1-2-15-3-14)5(9,10)6(11,12)13/h1-2H2. The Morgan fingerprint density at radius 3 is 1.80 bits per heavy atom. The number of nitrogens with zero attached hydrogens (tertiary/aromatic N) is 1. The number of thiocyanates is 1. The minimum atomic E-state index is -6.30. The maximum atomic E-state index is 12.4. The molecule has 0 saturated carbocycles. The van der Waals surface area contributed by atoms with Crippen molar-refractivity contribution >= 4 is 11.8 Å². The molecule has 1 nitrogen and oxygen atoms in total. The van der Waals surface area contributed by atoms with Crippen molar-refractivity contribution in [2.24, 2.45) is 0 Å². The molecule has 0 fully saturated rings. The number of rotatable bonds is 4. The Morgan fingerprint density at radius 1 is 1.00 bits per heavy atom. The van der Waals surface area contributed by atoms with E-state index in [1.165, 1.54) is 5.40 Å². The molecule has 0 heterocycles. The molecule has 0 radical (unpaired) electrons. The molecule has 0 saturated heterocycles. The highest BCUT2D eigenvalue weighted by Crippen LogP contribution is 2.48. The second-order valence-electron chi connectivity index (χ2n) is 2.47. The Labute approximate surface area is 84.2 Å². The van der Waals surface area contributed by atoms with Gasteiger partial charge in [-0.2, -0.15) is 36.0 Å². The minimum absolute atomic E-state index is 0.187. The average molecular weight is 255 g/mol. The van der Waals surface area contributed by atoms with Crippen molar-refractivity contribution in [1.29, 1.82) is 5.26 Å². The molecule has 0 aromatic carbocycles. The highest BCUT2D eigenvalue weighted by molar-refractivity contribution is 8.03. The van der Waals surface area contributed by atoms with Crippen molar-refractivity contribution in [2.75, 3.05) is 5.75 Å². The van der Waals surface area contributed by atoms with Gasteiger partial charge in [0.05, 0.1) is 0 Å². The van der Waals surface area contributed by atoms with Crippen LogP contribution in [0, 0.1) is 10.7 Å². The van der Waals surface area contributed by atoms with Gasteiger partial charge in [0.15, 0.2) is 0 Å². The van der Waals surface area contributed by atoms with Gasteiger partial charge in [-0.25, -0.2) is 0 Å². The molecular weight excluding hydrogens is 251 g/mol. The quantitative estimate of drug-likeness (QED) is 0.436. The first-order chi connectivity index (χ1) is 6.56. The van der Waals surface area contributed by atoms with Crippen LogP contribution in [-0.4, -0.2) is 23.8 Å². The summed E-state index contributed by atoms with van der Waals surface area (Å²) in [6, 6.07) is 0. The van der Waals surface area contributed by atoms with E-state index in [0.29, 0.717) is 0 Å². The molecule has 0 unspecified atom stereocenters. The van der Waals surface area contributed by atoms with E-state index in [-0.39, 0.29) is 11.8 Å². The molecule has 15 heavy (non-hydrogen) atoms. The third-order valence-electron chi connectivity index (χ3n) is 1.40. The first-order valence-electron chi connectivity index (χ1n) is 3.39. The molecule has 0 atom stereocenters. The van der Waals surface area contributed by atoms with Gasteiger partial charge < -0.3 is 0 Å². The fourth-order valence-corrected chi connectivity index (χ4v) is 1.04. The third-order valence-corrected chi connectivity index (χ3v) is 1.94. The third kappa shape index (κ3) is 3.15. The molecule has 0 aromatic heterocycles. The SMILES string of the molecule is N#CSCCC(F)(F)C(F)(F)C(F)(F)F. The fraction of sp³-hybridized carbons (Fsp3) is 0.833. The lowest BCUT2D eigenvalue weighted by Gasteiger charge is -2.27. The molecule has 0 spiro atoms. The molecule has 0 aliphatic rings. The molecule has 0 N–H and O–H groups in total. The van der Waals surface area contributed by atoms with Crippen molar-refractivity contribution in [2.45, 2.75) is 24.4 Å². The normalized spacial score (nSPS) is 13.7. The van der Waals surface area contributed by atoms with Gasteiger partial charge in [-0.05, 0) is 11.8 Å². The Kier molecular flexibility index (Phi) is 4.27. The summed E-state index contributed by atoms with van der Waals surface area (Å²) >= 11 is 0.187. The Hall–Kier alpha value is -0.650. The smallest absolute Gasteiger partial charge is 0.199 e. The monoisotopic (exact) mass is 255 g/mol. The van der Waals surface area contributed by atoms with Gasteiger partial charge in [0.25, 0.3) is 0 Å². The van der Waals surface area contributed by atoms with Crippen molar-refractivity contribution in [3.8, 4) is 5.40 Å². The number of alkyl halides is 7. The van der Waals surface area contributed by atoms with Crippen molar-refractivity contribution < 1.29 is 30.7 Å². The van der Waals surface area contributed by atoms with Crippen molar-refractivity contribution in [3.05, 3.63) is 0 Å². The van der Waals surface area contributed by atoms with Gasteiger partial charge in [-0.1, -0.05) is 0 Å².